The molecule has 0 radical (unpaired) electrons. The number of pyridine rings is 1. The molecule has 1 aromatic heterocycles. The van der Waals surface area contributed by atoms with Crippen molar-refractivity contribution >= 4 is 41.7 Å². The second kappa shape index (κ2) is 9.54. The van der Waals surface area contributed by atoms with Crippen LogP contribution < -0.4 is 10.6 Å². The first kappa shape index (κ1) is 19.5. The molecule has 124 valence electrons. The van der Waals surface area contributed by atoms with Gasteiger partial charge >= 0.3 is 0 Å². The Balaban J connectivity index is 0.00000242. The molecule has 0 bridgehead atoms. The number of aliphatic imine (C=N–C) groups is 1. The fourth-order valence-corrected chi connectivity index (χ4v) is 3.52. The fraction of sp³-hybridized carbons (Fsp3) is 0.600. The summed E-state index contributed by atoms with van der Waals surface area (Å²) in [6, 6.07) is 3.00. The van der Waals surface area contributed by atoms with Crippen LogP contribution in [0.25, 0.3) is 0 Å². The fourth-order valence-electron chi connectivity index (χ4n) is 2.28. The van der Waals surface area contributed by atoms with E-state index in [1.165, 1.54) is 24.7 Å². The van der Waals surface area contributed by atoms with E-state index < -0.39 is 0 Å². The molecule has 7 heteroatoms. The SMILES string of the molecule is CCNC(=NCc1ncccc1F)NCC1(C)CCCS1.I. The molecule has 0 aliphatic carbocycles. The van der Waals surface area contributed by atoms with Crippen molar-refractivity contribution in [3.8, 4) is 0 Å². The molecular weight excluding hydrogens is 414 g/mol. The first-order valence-electron chi connectivity index (χ1n) is 7.38. The van der Waals surface area contributed by atoms with E-state index in [9.17, 15) is 4.39 Å². The predicted octanol–water partition coefficient (Wildman–Crippen LogP) is 3.18. The molecule has 0 amide bonds. The molecule has 0 saturated carbocycles. The van der Waals surface area contributed by atoms with E-state index in [1.807, 2.05) is 18.7 Å². The number of nitrogens with one attached hydrogen (secondary N) is 2. The van der Waals surface area contributed by atoms with Gasteiger partial charge in [-0.05, 0) is 44.6 Å². The van der Waals surface area contributed by atoms with Gasteiger partial charge in [-0.3, -0.25) is 4.98 Å². The van der Waals surface area contributed by atoms with Gasteiger partial charge in [0.25, 0.3) is 0 Å². The van der Waals surface area contributed by atoms with Crippen LogP contribution in [0.5, 0.6) is 0 Å². The molecule has 1 saturated heterocycles. The molecule has 22 heavy (non-hydrogen) atoms. The topological polar surface area (TPSA) is 49.3 Å². The third-order valence-corrected chi connectivity index (χ3v) is 5.03. The lowest BCUT2D eigenvalue weighted by molar-refractivity contribution is 0.582. The first-order chi connectivity index (χ1) is 10.1. The molecule has 0 aromatic carbocycles. The zero-order valence-corrected chi connectivity index (χ0v) is 16.2. The smallest absolute Gasteiger partial charge is 0.191 e. The summed E-state index contributed by atoms with van der Waals surface area (Å²) < 4.78 is 13.8. The quantitative estimate of drug-likeness (QED) is 0.421. The Labute approximate surface area is 153 Å². The first-order valence-corrected chi connectivity index (χ1v) is 8.37. The minimum atomic E-state index is -0.310. The summed E-state index contributed by atoms with van der Waals surface area (Å²) in [7, 11) is 0. The van der Waals surface area contributed by atoms with Crippen molar-refractivity contribution in [2.45, 2.75) is 38.0 Å². The maximum atomic E-state index is 13.5. The highest BCUT2D eigenvalue weighted by Crippen LogP contribution is 2.36. The van der Waals surface area contributed by atoms with E-state index in [-0.39, 0.29) is 41.1 Å². The van der Waals surface area contributed by atoms with Gasteiger partial charge in [-0.25, -0.2) is 9.38 Å². The van der Waals surface area contributed by atoms with Crippen LogP contribution in [0.3, 0.4) is 0 Å². The van der Waals surface area contributed by atoms with Crippen LogP contribution in [-0.4, -0.2) is 34.5 Å². The van der Waals surface area contributed by atoms with Crippen LogP contribution in [0.1, 0.15) is 32.4 Å². The standard InChI is InChI=1S/C15H23FN4S.HI/c1-3-17-14(20-11-15(2)7-5-9-21-15)19-10-13-12(16)6-4-8-18-13;/h4,6,8H,3,5,7,9-11H2,1-2H3,(H2,17,19,20);1H. The third kappa shape index (κ3) is 5.91. The van der Waals surface area contributed by atoms with E-state index in [0.29, 0.717) is 5.69 Å². The second-order valence-corrected chi connectivity index (χ2v) is 7.07. The maximum Gasteiger partial charge on any atom is 0.191 e. The highest BCUT2D eigenvalue weighted by atomic mass is 127. The zero-order chi connectivity index (χ0) is 15.1. The highest BCUT2D eigenvalue weighted by molar-refractivity contribution is 14.0. The summed E-state index contributed by atoms with van der Waals surface area (Å²) in [6.07, 6.45) is 4.08. The van der Waals surface area contributed by atoms with Gasteiger partial charge in [0, 0.05) is 24.0 Å². The van der Waals surface area contributed by atoms with Crippen LogP contribution in [-0.2, 0) is 6.54 Å². The van der Waals surface area contributed by atoms with Gasteiger partial charge < -0.3 is 10.6 Å². The van der Waals surface area contributed by atoms with Gasteiger partial charge in [0.2, 0.25) is 0 Å². The summed E-state index contributed by atoms with van der Waals surface area (Å²) >= 11 is 2.00. The molecule has 1 atom stereocenters. The molecule has 2 heterocycles. The third-order valence-electron chi connectivity index (χ3n) is 3.50. The van der Waals surface area contributed by atoms with E-state index in [1.54, 1.807) is 12.3 Å². The van der Waals surface area contributed by atoms with Gasteiger partial charge in [-0.15, -0.1) is 24.0 Å². The number of aromatic nitrogens is 1. The molecular formula is C15H24FIN4S. The summed E-state index contributed by atoms with van der Waals surface area (Å²) in [5.41, 5.74) is 0.371. The second-order valence-electron chi connectivity index (χ2n) is 5.38. The molecule has 4 nitrogen and oxygen atoms in total. The lowest BCUT2D eigenvalue weighted by atomic mass is 10.1. The minimum absolute atomic E-state index is 0. The average Bonchev–Trinajstić information content (AvgIpc) is 2.91. The van der Waals surface area contributed by atoms with Crippen LogP contribution in [0, 0.1) is 5.82 Å². The maximum absolute atomic E-state index is 13.5. The normalized spacial score (nSPS) is 21.3. The van der Waals surface area contributed by atoms with E-state index >= 15 is 0 Å². The molecule has 1 unspecified atom stereocenters. The van der Waals surface area contributed by atoms with Crippen molar-refractivity contribution in [2.75, 3.05) is 18.8 Å². The Hall–Kier alpha value is -0.570. The van der Waals surface area contributed by atoms with Crippen molar-refractivity contribution in [2.24, 2.45) is 4.99 Å². The number of rotatable bonds is 5. The summed E-state index contributed by atoms with van der Waals surface area (Å²) in [4.78, 5) is 8.44. The van der Waals surface area contributed by atoms with Gasteiger partial charge in [0.15, 0.2) is 5.96 Å². The minimum Gasteiger partial charge on any atom is -0.357 e. The zero-order valence-electron chi connectivity index (χ0n) is 13.1. The van der Waals surface area contributed by atoms with Crippen LogP contribution in [0.2, 0.25) is 0 Å². The molecule has 1 fully saturated rings. The molecule has 0 spiro atoms. The summed E-state index contributed by atoms with van der Waals surface area (Å²) in [6.45, 7) is 6.19. The highest BCUT2D eigenvalue weighted by Gasteiger charge is 2.29. The van der Waals surface area contributed by atoms with Gasteiger partial charge in [-0.2, -0.15) is 11.8 Å². The number of thioether (sulfide) groups is 1. The average molecular weight is 438 g/mol. The predicted molar refractivity (Wildman–Crippen MR) is 103 cm³/mol. The van der Waals surface area contributed by atoms with Gasteiger partial charge in [0.1, 0.15) is 5.82 Å². The number of guanidine groups is 1. The van der Waals surface area contributed by atoms with Gasteiger partial charge in [0.05, 0.1) is 12.2 Å². The molecule has 2 rings (SSSR count). The number of nitrogens with zero attached hydrogens (tertiary/aromatic N) is 2. The number of hydrogen-bond acceptors (Lipinski definition) is 3. The lowest BCUT2D eigenvalue weighted by Gasteiger charge is -2.24. The Morgan fingerprint density at radius 3 is 2.95 bits per heavy atom. The number of halogens is 2. The Bertz CT molecular complexity index is 492. The monoisotopic (exact) mass is 438 g/mol. The van der Waals surface area contributed by atoms with Crippen molar-refractivity contribution in [1.82, 2.24) is 15.6 Å². The summed E-state index contributed by atoms with van der Waals surface area (Å²) in [5, 5.41) is 6.55. The summed E-state index contributed by atoms with van der Waals surface area (Å²) in [5.74, 6) is 1.64. The molecule has 1 aliphatic heterocycles. The largest absolute Gasteiger partial charge is 0.357 e. The van der Waals surface area contributed by atoms with E-state index in [0.717, 1.165) is 19.0 Å². The number of hydrogen-bond donors (Lipinski definition) is 2. The van der Waals surface area contributed by atoms with Crippen molar-refractivity contribution in [3.05, 3.63) is 29.8 Å². The molecule has 2 N–H and O–H groups in total. The van der Waals surface area contributed by atoms with E-state index in [2.05, 4.69) is 27.5 Å². The van der Waals surface area contributed by atoms with Crippen molar-refractivity contribution in [1.29, 1.82) is 0 Å². The van der Waals surface area contributed by atoms with Crippen LogP contribution in [0.15, 0.2) is 23.3 Å². The lowest BCUT2D eigenvalue weighted by Crippen LogP contribution is -2.43. The van der Waals surface area contributed by atoms with E-state index in [4.69, 9.17) is 0 Å². The van der Waals surface area contributed by atoms with Crippen molar-refractivity contribution in [3.63, 3.8) is 0 Å². The van der Waals surface area contributed by atoms with Crippen molar-refractivity contribution < 1.29 is 4.39 Å². The van der Waals surface area contributed by atoms with Gasteiger partial charge in [-0.1, -0.05) is 0 Å². The molecule has 1 aromatic rings. The molecule has 1 aliphatic rings. The Morgan fingerprint density at radius 1 is 1.50 bits per heavy atom. The Morgan fingerprint density at radius 2 is 2.32 bits per heavy atom. The Kier molecular flexibility index (Phi) is 8.45. The van der Waals surface area contributed by atoms with Crippen LogP contribution in [0.4, 0.5) is 4.39 Å². The van der Waals surface area contributed by atoms with Crippen LogP contribution >= 0.6 is 35.7 Å².